The molecule has 0 amide bonds. The molecule has 0 aliphatic heterocycles. The Hall–Kier alpha value is -1.02. The number of ether oxygens (including phenoxy) is 6. The van der Waals surface area contributed by atoms with Crippen LogP contribution >= 0.6 is 15.9 Å². The van der Waals surface area contributed by atoms with Gasteiger partial charge in [-0.15, -0.1) is 0 Å². The Morgan fingerprint density at radius 3 is 1.50 bits per heavy atom. The number of rotatable bonds is 12. The summed E-state index contributed by atoms with van der Waals surface area (Å²) in [5.41, 5.74) is 0. The number of hydrogen-bond acceptors (Lipinski definition) is 6. The van der Waals surface area contributed by atoms with Gasteiger partial charge in [0.2, 0.25) is 0 Å². The van der Waals surface area contributed by atoms with Crippen molar-refractivity contribution in [1.82, 2.24) is 0 Å². The monoisotopic (exact) mass is 378 g/mol. The summed E-state index contributed by atoms with van der Waals surface area (Å²) < 4.78 is 32.7. The van der Waals surface area contributed by atoms with Crippen molar-refractivity contribution < 1.29 is 28.4 Å². The molecule has 0 atom stereocenters. The molecule has 22 heavy (non-hydrogen) atoms. The summed E-state index contributed by atoms with van der Waals surface area (Å²) in [6, 6.07) is 3.61. The third-order valence-corrected chi connectivity index (χ3v) is 3.41. The second-order valence-corrected chi connectivity index (χ2v) is 5.05. The van der Waals surface area contributed by atoms with Gasteiger partial charge in [-0.1, -0.05) is 0 Å². The second-order valence-electron chi connectivity index (χ2n) is 4.26. The predicted molar refractivity (Wildman–Crippen MR) is 86.3 cm³/mol. The van der Waals surface area contributed by atoms with E-state index in [1.165, 1.54) is 0 Å². The van der Waals surface area contributed by atoms with Crippen molar-refractivity contribution in [3.63, 3.8) is 0 Å². The zero-order valence-corrected chi connectivity index (χ0v) is 14.8. The van der Waals surface area contributed by atoms with Gasteiger partial charge in [0.05, 0.1) is 19.8 Å². The zero-order valence-electron chi connectivity index (χ0n) is 13.2. The van der Waals surface area contributed by atoms with E-state index in [1.807, 2.05) is 0 Å². The van der Waals surface area contributed by atoms with Crippen molar-refractivity contribution in [1.29, 1.82) is 0 Å². The molecule has 7 heteroatoms. The Balaban J connectivity index is 2.81. The Labute approximate surface area is 139 Å². The average Bonchev–Trinajstić information content (AvgIpc) is 2.52. The lowest BCUT2D eigenvalue weighted by molar-refractivity contribution is 0.137. The van der Waals surface area contributed by atoms with Crippen LogP contribution in [0.2, 0.25) is 0 Å². The highest BCUT2D eigenvalue weighted by Crippen LogP contribution is 2.38. The van der Waals surface area contributed by atoms with E-state index in [9.17, 15) is 0 Å². The largest absolute Gasteiger partial charge is 0.491 e. The zero-order chi connectivity index (χ0) is 16.2. The minimum atomic E-state index is 0.439. The second kappa shape index (κ2) is 11.5. The normalized spacial score (nSPS) is 10.5. The van der Waals surface area contributed by atoms with Crippen molar-refractivity contribution in [2.24, 2.45) is 0 Å². The SMILES string of the molecule is COCCOc1cc(OCCOC)c(Br)c(OCCOC)c1. The molecule has 126 valence electrons. The highest BCUT2D eigenvalue weighted by Gasteiger charge is 2.12. The molecule has 0 saturated heterocycles. The van der Waals surface area contributed by atoms with Gasteiger partial charge in [0, 0.05) is 33.5 Å². The van der Waals surface area contributed by atoms with Gasteiger partial charge in [-0.2, -0.15) is 0 Å². The molecule has 0 aliphatic rings. The Morgan fingerprint density at radius 1 is 0.682 bits per heavy atom. The van der Waals surface area contributed by atoms with E-state index in [0.717, 1.165) is 4.47 Å². The fourth-order valence-corrected chi connectivity index (χ4v) is 2.01. The predicted octanol–water partition coefficient (Wildman–Crippen LogP) is 2.52. The average molecular weight is 379 g/mol. The molecule has 0 aromatic heterocycles. The lowest BCUT2D eigenvalue weighted by Gasteiger charge is -2.15. The molecule has 1 aromatic rings. The van der Waals surface area contributed by atoms with Gasteiger partial charge in [0.1, 0.15) is 41.5 Å². The number of benzene rings is 1. The molecule has 0 N–H and O–H groups in total. The molecule has 0 aliphatic carbocycles. The first-order valence-corrected chi connectivity index (χ1v) is 7.71. The van der Waals surface area contributed by atoms with Crippen LogP contribution < -0.4 is 14.2 Å². The maximum atomic E-state index is 5.68. The van der Waals surface area contributed by atoms with E-state index in [2.05, 4.69) is 15.9 Å². The molecule has 0 heterocycles. The summed E-state index contributed by atoms with van der Waals surface area (Å²) >= 11 is 3.49. The van der Waals surface area contributed by atoms with Crippen LogP contribution in [-0.2, 0) is 14.2 Å². The van der Waals surface area contributed by atoms with Crippen LogP contribution in [0.5, 0.6) is 17.2 Å². The van der Waals surface area contributed by atoms with Crippen LogP contribution in [0.4, 0.5) is 0 Å². The van der Waals surface area contributed by atoms with Crippen molar-refractivity contribution in [3.8, 4) is 17.2 Å². The smallest absolute Gasteiger partial charge is 0.141 e. The van der Waals surface area contributed by atoms with E-state index in [1.54, 1.807) is 33.5 Å². The van der Waals surface area contributed by atoms with E-state index < -0.39 is 0 Å². The maximum Gasteiger partial charge on any atom is 0.141 e. The van der Waals surface area contributed by atoms with Crippen LogP contribution in [0, 0.1) is 0 Å². The van der Waals surface area contributed by atoms with Crippen molar-refractivity contribution in [2.75, 3.05) is 61.0 Å². The van der Waals surface area contributed by atoms with Gasteiger partial charge < -0.3 is 28.4 Å². The topological polar surface area (TPSA) is 55.4 Å². The summed E-state index contributed by atoms with van der Waals surface area (Å²) in [5, 5.41) is 0. The van der Waals surface area contributed by atoms with Crippen LogP contribution in [0.1, 0.15) is 0 Å². The lowest BCUT2D eigenvalue weighted by atomic mass is 10.3. The first kappa shape index (κ1) is 19.0. The molecular weight excluding hydrogens is 356 g/mol. The van der Waals surface area contributed by atoms with Crippen molar-refractivity contribution >= 4 is 15.9 Å². The van der Waals surface area contributed by atoms with E-state index in [-0.39, 0.29) is 0 Å². The first-order chi connectivity index (χ1) is 10.7. The van der Waals surface area contributed by atoms with Gasteiger partial charge in [0.25, 0.3) is 0 Å². The van der Waals surface area contributed by atoms with Gasteiger partial charge in [0.15, 0.2) is 0 Å². The van der Waals surface area contributed by atoms with Crippen molar-refractivity contribution in [3.05, 3.63) is 16.6 Å². The highest BCUT2D eigenvalue weighted by atomic mass is 79.9. The van der Waals surface area contributed by atoms with E-state index in [4.69, 9.17) is 28.4 Å². The van der Waals surface area contributed by atoms with E-state index in [0.29, 0.717) is 56.9 Å². The quantitative estimate of drug-likeness (QED) is 0.521. The molecule has 1 aromatic carbocycles. The summed E-state index contributed by atoms with van der Waals surface area (Å²) in [5.74, 6) is 1.93. The fraction of sp³-hybridized carbons (Fsp3) is 0.600. The minimum Gasteiger partial charge on any atom is -0.491 e. The van der Waals surface area contributed by atoms with Crippen LogP contribution in [-0.4, -0.2) is 61.0 Å². The highest BCUT2D eigenvalue weighted by molar-refractivity contribution is 9.10. The lowest BCUT2D eigenvalue weighted by Crippen LogP contribution is -2.09. The molecule has 1 rings (SSSR count). The summed E-state index contributed by atoms with van der Waals surface area (Å²) in [4.78, 5) is 0. The molecule has 0 spiro atoms. The summed E-state index contributed by atoms with van der Waals surface area (Å²) in [7, 11) is 4.88. The maximum absolute atomic E-state index is 5.68. The standard InChI is InChI=1S/C15H23BrO6/c1-17-4-7-20-12-10-13(21-8-5-18-2)15(16)14(11-12)22-9-6-19-3/h10-11H,4-9H2,1-3H3. The van der Waals surface area contributed by atoms with Gasteiger partial charge in [-0.3, -0.25) is 0 Å². The van der Waals surface area contributed by atoms with Gasteiger partial charge in [-0.25, -0.2) is 0 Å². The minimum absolute atomic E-state index is 0.439. The van der Waals surface area contributed by atoms with E-state index >= 15 is 0 Å². The number of hydrogen-bond donors (Lipinski definition) is 0. The third kappa shape index (κ3) is 6.83. The van der Waals surface area contributed by atoms with Crippen LogP contribution in [0.25, 0.3) is 0 Å². The molecule has 0 fully saturated rings. The molecule has 0 saturated carbocycles. The first-order valence-electron chi connectivity index (χ1n) is 6.91. The fourth-order valence-electron chi connectivity index (χ4n) is 1.55. The molecule has 6 nitrogen and oxygen atoms in total. The summed E-state index contributed by atoms with van der Waals surface area (Å²) in [6.07, 6.45) is 0. The Bertz CT molecular complexity index is 395. The van der Waals surface area contributed by atoms with Crippen LogP contribution in [0.3, 0.4) is 0 Å². The third-order valence-electron chi connectivity index (χ3n) is 2.63. The molecule has 0 bridgehead atoms. The van der Waals surface area contributed by atoms with Gasteiger partial charge in [-0.05, 0) is 15.9 Å². The van der Waals surface area contributed by atoms with Crippen LogP contribution in [0.15, 0.2) is 16.6 Å². The molecule has 0 radical (unpaired) electrons. The summed E-state index contributed by atoms with van der Waals surface area (Å²) in [6.45, 7) is 2.84. The number of halogens is 1. The number of methoxy groups -OCH3 is 3. The molecular formula is C15H23BrO6. The van der Waals surface area contributed by atoms with Crippen molar-refractivity contribution in [2.45, 2.75) is 0 Å². The Kier molecular flexibility index (Phi) is 9.98. The molecule has 0 unspecified atom stereocenters. The van der Waals surface area contributed by atoms with Gasteiger partial charge >= 0.3 is 0 Å². The Morgan fingerprint density at radius 2 is 1.09 bits per heavy atom.